The number of aliphatic hydroxyl groups is 1. The summed E-state index contributed by atoms with van der Waals surface area (Å²) in [5.74, 6) is -1.01. The van der Waals surface area contributed by atoms with Gasteiger partial charge in [0.1, 0.15) is 41.4 Å². The van der Waals surface area contributed by atoms with Crippen LogP contribution in [-0.4, -0.2) is 87.5 Å². The number of nitrogens with zero attached hydrogens (tertiary/aromatic N) is 5. The van der Waals surface area contributed by atoms with E-state index in [1.54, 1.807) is 11.0 Å². The lowest BCUT2D eigenvalue weighted by Crippen LogP contribution is -2.43. The maximum Gasteiger partial charge on any atom is 0.319 e. The molecule has 3 aliphatic rings. The highest BCUT2D eigenvalue weighted by molar-refractivity contribution is 6.01. The molecule has 0 bridgehead atoms. The summed E-state index contributed by atoms with van der Waals surface area (Å²) in [6, 6.07) is 5.68. The van der Waals surface area contributed by atoms with Gasteiger partial charge < -0.3 is 24.6 Å². The molecule has 12 heteroatoms. The molecule has 7 rings (SSSR count). The molecule has 44 heavy (non-hydrogen) atoms. The fourth-order valence-electron chi connectivity index (χ4n) is 7.19. The lowest BCUT2D eigenvalue weighted by atomic mass is 9.94. The Labute approximate surface area is 252 Å². The van der Waals surface area contributed by atoms with E-state index in [1.165, 1.54) is 24.4 Å². The number of benzene rings is 2. The van der Waals surface area contributed by atoms with Gasteiger partial charge in [-0.15, -0.1) is 0 Å². The minimum Gasteiger partial charge on any atom is -0.508 e. The molecule has 1 unspecified atom stereocenters. The van der Waals surface area contributed by atoms with Crippen LogP contribution in [-0.2, 0) is 11.2 Å². The Hall–Kier alpha value is -3.74. The van der Waals surface area contributed by atoms with Crippen LogP contribution in [0.2, 0.25) is 0 Å². The minimum atomic E-state index is -1.07. The van der Waals surface area contributed by atoms with Crippen LogP contribution >= 0.6 is 0 Å². The van der Waals surface area contributed by atoms with Crippen LogP contribution in [0.3, 0.4) is 0 Å². The molecule has 3 atom stereocenters. The second-order valence-electron chi connectivity index (χ2n) is 12.0. The van der Waals surface area contributed by atoms with Gasteiger partial charge in [0.25, 0.3) is 0 Å². The molecule has 4 aromatic rings. The summed E-state index contributed by atoms with van der Waals surface area (Å²) in [7, 11) is 0. The molecule has 0 spiro atoms. The Morgan fingerprint density at radius 2 is 2.00 bits per heavy atom. The molecular formula is C32H34F3N5O4. The van der Waals surface area contributed by atoms with Crippen LogP contribution in [0.4, 0.5) is 19.0 Å². The number of hydrogen-bond donors (Lipinski definition) is 2. The normalized spacial score (nSPS) is 24.2. The van der Waals surface area contributed by atoms with Gasteiger partial charge in [0.15, 0.2) is 12.1 Å². The fourth-order valence-corrected chi connectivity index (χ4v) is 7.19. The van der Waals surface area contributed by atoms with E-state index in [0.29, 0.717) is 66.5 Å². The number of phenolic OH excluding ortho intramolecular Hbond substituents is 1. The number of pyridine rings is 1. The number of aromatic nitrogens is 3. The number of fused-ring (bicyclic) bond motifs is 3. The quantitative estimate of drug-likeness (QED) is 0.316. The zero-order valence-corrected chi connectivity index (χ0v) is 24.4. The predicted octanol–water partition coefficient (Wildman–Crippen LogP) is 4.89. The SMILES string of the molecule is CCc1c(F)ccc2cc(O)cc(-c3ncc4c(N5CCCOC(O)C5)nc(OC[C@@]56CCCN5C[C@H](F)C6)nc4c3F)c12. The lowest BCUT2D eigenvalue weighted by molar-refractivity contribution is -0.0850. The first-order chi connectivity index (χ1) is 21.3. The zero-order valence-electron chi connectivity index (χ0n) is 24.4. The van der Waals surface area contributed by atoms with E-state index in [9.17, 15) is 19.0 Å². The third kappa shape index (κ3) is 4.98. The van der Waals surface area contributed by atoms with Gasteiger partial charge in [-0.05, 0) is 66.8 Å². The molecule has 2 N–H and O–H groups in total. The molecule has 0 amide bonds. The molecule has 0 aliphatic carbocycles. The number of halogens is 3. The molecule has 3 saturated heterocycles. The Balaban J connectivity index is 1.38. The highest BCUT2D eigenvalue weighted by Gasteiger charge is 2.49. The molecule has 9 nitrogen and oxygen atoms in total. The number of anilines is 1. The molecule has 0 radical (unpaired) electrons. The summed E-state index contributed by atoms with van der Waals surface area (Å²) in [4.78, 5) is 17.5. The molecular weight excluding hydrogens is 575 g/mol. The van der Waals surface area contributed by atoms with Gasteiger partial charge in [-0.25, -0.2) is 13.2 Å². The first kappa shape index (κ1) is 29.0. The first-order valence-corrected chi connectivity index (χ1v) is 15.1. The van der Waals surface area contributed by atoms with Crippen molar-refractivity contribution in [1.82, 2.24) is 19.9 Å². The Kier molecular flexibility index (Phi) is 7.46. The van der Waals surface area contributed by atoms with Crippen LogP contribution < -0.4 is 9.64 Å². The van der Waals surface area contributed by atoms with Crippen molar-refractivity contribution in [2.75, 3.05) is 44.3 Å². The fraction of sp³-hybridized carbons (Fsp3) is 0.469. The van der Waals surface area contributed by atoms with E-state index >= 15 is 4.39 Å². The van der Waals surface area contributed by atoms with Crippen LogP contribution in [0.1, 0.15) is 38.2 Å². The predicted molar refractivity (Wildman–Crippen MR) is 159 cm³/mol. The van der Waals surface area contributed by atoms with E-state index in [1.807, 2.05) is 6.92 Å². The van der Waals surface area contributed by atoms with Gasteiger partial charge in [0.05, 0.1) is 24.1 Å². The molecule has 3 fully saturated rings. The summed E-state index contributed by atoms with van der Waals surface area (Å²) in [5, 5.41) is 22.2. The number of ether oxygens (including phenoxy) is 2. The summed E-state index contributed by atoms with van der Waals surface area (Å²) in [6.07, 6.45) is 2.46. The van der Waals surface area contributed by atoms with E-state index < -0.39 is 29.6 Å². The van der Waals surface area contributed by atoms with Crippen molar-refractivity contribution in [2.45, 2.75) is 57.0 Å². The van der Waals surface area contributed by atoms with Crippen LogP contribution in [0, 0.1) is 11.6 Å². The van der Waals surface area contributed by atoms with Gasteiger partial charge in [-0.1, -0.05) is 13.0 Å². The van der Waals surface area contributed by atoms with Gasteiger partial charge in [0, 0.05) is 31.3 Å². The summed E-state index contributed by atoms with van der Waals surface area (Å²) in [5.41, 5.74) is -0.0280. The first-order valence-electron chi connectivity index (χ1n) is 15.1. The zero-order chi connectivity index (χ0) is 30.6. The number of rotatable bonds is 6. The standard InChI is InChI=1S/C32H34F3N5O4/c1-2-21-24(34)6-5-18-11-20(41)12-22(26(18)21)28-27(35)29-23(14-36-28)30(39-8-4-10-43-25(42)16-39)38-31(37-29)44-17-32-7-3-9-40(32)15-19(33)13-32/h5-6,11-12,14,19,25,41-42H,2-4,7-10,13,15-17H2,1H3/t19-,25?,32+/m1/s1. The Morgan fingerprint density at radius 1 is 1.14 bits per heavy atom. The third-order valence-corrected chi connectivity index (χ3v) is 9.19. The number of aromatic hydroxyl groups is 1. The van der Waals surface area contributed by atoms with Crippen molar-refractivity contribution >= 4 is 27.5 Å². The summed E-state index contributed by atoms with van der Waals surface area (Å²) >= 11 is 0. The molecule has 2 aromatic heterocycles. The summed E-state index contributed by atoms with van der Waals surface area (Å²) in [6.45, 7) is 4.03. The largest absolute Gasteiger partial charge is 0.508 e. The van der Waals surface area contributed by atoms with Gasteiger partial charge in [-0.3, -0.25) is 9.88 Å². The topological polar surface area (TPSA) is 104 Å². The van der Waals surface area contributed by atoms with Gasteiger partial charge in [-0.2, -0.15) is 9.97 Å². The van der Waals surface area contributed by atoms with E-state index in [0.717, 1.165) is 19.4 Å². The summed E-state index contributed by atoms with van der Waals surface area (Å²) < 4.78 is 57.6. The number of aryl methyl sites for hydroxylation is 1. The van der Waals surface area contributed by atoms with Crippen LogP contribution in [0.5, 0.6) is 11.8 Å². The number of aliphatic hydroxyl groups excluding tert-OH is 1. The van der Waals surface area contributed by atoms with Crippen LogP contribution in [0.25, 0.3) is 32.9 Å². The molecule has 0 saturated carbocycles. The lowest BCUT2D eigenvalue weighted by Gasteiger charge is -2.31. The highest BCUT2D eigenvalue weighted by Crippen LogP contribution is 2.42. The van der Waals surface area contributed by atoms with Crippen LogP contribution in [0.15, 0.2) is 30.5 Å². The monoisotopic (exact) mass is 609 g/mol. The Bertz CT molecular complexity index is 1740. The van der Waals surface area contributed by atoms with E-state index in [4.69, 9.17) is 9.47 Å². The second-order valence-corrected chi connectivity index (χ2v) is 12.0. The van der Waals surface area contributed by atoms with E-state index in [-0.39, 0.29) is 41.7 Å². The third-order valence-electron chi connectivity index (χ3n) is 9.19. The number of β-amino-alcohol motifs (C(OH)–C–C–N with tert-alkyl or cyclic N) is 1. The van der Waals surface area contributed by atoms with Gasteiger partial charge in [0.2, 0.25) is 0 Å². The van der Waals surface area contributed by atoms with Crippen molar-refractivity contribution in [2.24, 2.45) is 0 Å². The van der Waals surface area contributed by atoms with E-state index in [2.05, 4.69) is 19.9 Å². The molecule has 232 valence electrons. The van der Waals surface area contributed by atoms with Crippen molar-refractivity contribution < 1.29 is 32.9 Å². The van der Waals surface area contributed by atoms with Gasteiger partial charge >= 0.3 is 6.01 Å². The average Bonchev–Trinajstić information content (AvgIpc) is 3.43. The average molecular weight is 610 g/mol. The second kappa shape index (κ2) is 11.3. The van der Waals surface area contributed by atoms with Crippen molar-refractivity contribution in [3.63, 3.8) is 0 Å². The molecule has 5 heterocycles. The number of phenols is 1. The maximum atomic E-state index is 16.7. The van der Waals surface area contributed by atoms with Crippen molar-refractivity contribution in [3.8, 4) is 23.0 Å². The van der Waals surface area contributed by atoms with Crippen molar-refractivity contribution in [3.05, 3.63) is 47.7 Å². The number of alkyl halides is 1. The van der Waals surface area contributed by atoms with Crippen molar-refractivity contribution in [1.29, 1.82) is 0 Å². The smallest absolute Gasteiger partial charge is 0.319 e. The minimum absolute atomic E-state index is 0.0730. The molecule has 3 aliphatic heterocycles. The molecule has 2 aromatic carbocycles. The Morgan fingerprint density at radius 3 is 2.84 bits per heavy atom. The maximum absolute atomic E-state index is 16.7. The number of hydrogen-bond acceptors (Lipinski definition) is 9. The highest BCUT2D eigenvalue weighted by atomic mass is 19.1.